The van der Waals surface area contributed by atoms with Crippen molar-refractivity contribution in [1.82, 2.24) is 0 Å². The molecule has 0 saturated heterocycles. The van der Waals surface area contributed by atoms with Gasteiger partial charge in [0.15, 0.2) is 0 Å². The zero-order chi connectivity index (χ0) is 15.2. The van der Waals surface area contributed by atoms with Gasteiger partial charge in [0.1, 0.15) is 5.75 Å². The average Bonchev–Trinajstić information content (AvgIpc) is 2.47. The molecule has 0 spiro atoms. The minimum absolute atomic E-state index is 0.199. The van der Waals surface area contributed by atoms with Crippen molar-refractivity contribution in [2.75, 3.05) is 12.4 Å². The molecule has 1 amide bonds. The Kier molecular flexibility index (Phi) is 4.90. The summed E-state index contributed by atoms with van der Waals surface area (Å²) in [4.78, 5) is 12.7. The lowest BCUT2D eigenvalue weighted by Gasteiger charge is -2.10. The molecule has 0 aliphatic heterocycles. The molecule has 4 nitrogen and oxygen atoms in total. The van der Waals surface area contributed by atoms with Crippen LogP contribution in [0.4, 0.5) is 5.69 Å². The van der Waals surface area contributed by atoms with E-state index in [1.54, 1.807) is 25.3 Å². The number of nitrogens with one attached hydrogen (secondary N) is 1. The summed E-state index contributed by atoms with van der Waals surface area (Å²) >= 11 is 4.92. The molecule has 0 aliphatic carbocycles. The summed E-state index contributed by atoms with van der Waals surface area (Å²) in [7, 11) is 1.58. The molecule has 2 rings (SSSR count). The van der Waals surface area contributed by atoms with E-state index in [1.165, 1.54) is 0 Å². The number of ether oxygens (including phenoxy) is 1. The first-order valence-electron chi connectivity index (χ1n) is 6.42. The van der Waals surface area contributed by atoms with E-state index < -0.39 is 0 Å². The summed E-state index contributed by atoms with van der Waals surface area (Å²) in [6.45, 7) is 0. The van der Waals surface area contributed by atoms with Crippen molar-refractivity contribution >= 4 is 28.8 Å². The number of rotatable bonds is 5. The van der Waals surface area contributed by atoms with Crippen LogP contribution in [0.25, 0.3) is 0 Å². The second-order valence-electron chi connectivity index (χ2n) is 4.49. The molecule has 0 aliphatic rings. The molecule has 3 N–H and O–H groups in total. The quantitative estimate of drug-likeness (QED) is 0.833. The maximum atomic E-state index is 12.4. The number of amides is 1. The first-order valence-corrected chi connectivity index (χ1v) is 6.82. The Morgan fingerprint density at radius 1 is 1.24 bits per heavy atom. The SMILES string of the molecule is COc1cccc(NC(=O)c2ccccc2CC(N)=S)c1. The summed E-state index contributed by atoms with van der Waals surface area (Å²) < 4.78 is 5.13. The fourth-order valence-electron chi connectivity index (χ4n) is 1.98. The maximum absolute atomic E-state index is 12.4. The minimum atomic E-state index is -0.199. The van der Waals surface area contributed by atoms with E-state index in [0.717, 1.165) is 5.56 Å². The van der Waals surface area contributed by atoms with Gasteiger partial charge in [-0.3, -0.25) is 4.79 Å². The smallest absolute Gasteiger partial charge is 0.255 e. The summed E-state index contributed by atoms with van der Waals surface area (Å²) in [6, 6.07) is 14.5. The minimum Gasteiger partial charge on any atom is -0.497 e. The molecule has 0 radical (unpaired) electrons. The molecule has 0 atom stereocenters. The fraction of sp³-hybridized carbons (Fsp3) is 0.125. The van der Waals surface area contributed by atoms with Gasteiger partial charge < -0.3 is 15.8 Å². The Balaban J connectivity index is 2.22. The van der Waals surface area contributed by atoms with Crippen LogP contribution in [0, 0.1) is 0 Å². The summed E-state index contributed by atoms with van der Waals surface area (Å²) in [5.74, 6) is 0.485. The van der Waals surface area contributed by atoms with Crippen LogP contribution in [0.3, 0.4) is 0 Å². The highest BCUT2D eigenvalue weighted by Gasteiger charge is 2.12. The molecule has 0 heterocycles. The number of hydrogen-bond acceptors (Lipinski definition) is 3. The standard InChI is InChI=1S/C16H16N2O2S/c1-20-13-7-4-6-12(10-13)18-16(19)14-8-3-2-5-11(14)9-15(17)21/h2-8,10H,9H2,1H3,(H2,17,21)(H,18,19). The highest BCUT2D eigenvalue weighted by atomic mass is 32.1. The van der Waals surface area contributed by atoms with Gasteiger partial charge in [-0.2, -0.15) is 0 Å². The topological polar surface area (TPSA) is 64.3 Å². The van der Waals surface area contributed by atoms with Gasteiger partial charge in [0.05, 0.1) is 12.1 Å². The molecule has 0 unspecified atom stereocenters. The second-order valence-corrected chi connectivity index (χ2v) is 5.01. The van der Waals surface area contributed by atoms with E-state index in [9.17, 15) is 4.79 Å². The predicted octanol–water partition coefficient (Wildman–Crippen LogP) is 2.78. The molecule has 0 aromatic heterocycles. The molecule has 108 valence electrons. The van der Waals surface area contributed by atoms with E-state index in [-0.39, 0.29) is 5.91 Å². The Labute approximate surface area is 128 Å². The number of nitrogens with two attached hydrogens (primary N) is 1. The number of carbonyl (C=O) groups is 1. The zero-order valence-electron chi connectivity index (χ0n) is 11.6. The first-order chi connectivity index (χ1) is 10.1. The molecular weight excluding hydrogens is 284 g/mol. The normalized spacial score (nSPS) is 9.95. The fourth-order valence-corrected chi connectivity index (χ4v) is 2.14. The zero-order valence-corrected chi connectivity index (χ0v) is 12.4. The van der Waals surface area contributed by atoms with Gasteiger partial charge in [-0.1, -0.05) is 36.5 Å². The molecule has 0 saturated carbocycles. The number of methoxy groups -OCH3 is 1. The third-order valence-electron chi connectivity index (χ3n) is 2.95. The third-order valence-corrected chi connectivity index (χ3v) is 3.10. The van der Waals surface area contributed by atoms with Gasteiger partial charge in [-0.25, -0.2) is 0 Å². The Hall–Kier alpha value is -2.40. The van der Waals surface area contributed by atoms with E-state index in [1.807, 2.05) is 30.3 Å². The van der Waals surface area contributed by atoms with Gasteiger partial charge in [0, 0.05) is 23.7 Å². The molecule has 0 bridgehead atoms. The first kappa shape index (κ1) is 15.0. The monoisotopic (exact) mass is 300 g/mol. The van der Waals surface area contributed by atoms with Crippen LogP contribution < -0.4 is 15.8 Å². The number of carbonyl (C=O) groups excluding carboxylic acids is 1. The average molecular weight is 300 g/mol. The molecule has 2 aromatic carbocycles. The van der Waals surface area contributed by atoms with E-state index in [2.05, 4.69) is 5.32 Å². The summed E-state index contributed by atoms with van der Waals surface area (Å²) in [5, 5.41) is 2.84. The van der Waals surface area contributed by atoms with Crippen LogP contribution in [-0.4, -0.2) is 18.0 Å². The molecule has 5 heteroatoms. The predicted molar refractivity (Wildman–Crippen MR) is 87.9 cm³/mol. The van der Waals surface area contributed by atoms with E-state index in [0.29, 0.717) is 28.4 Å². The van der Waals surface area contributed by atoms with Crippen LogP contribution in [0.5, 0.6) is 5.75 Å². The van der Waals surface area contributed by atoms with Crippen molar-refractivity contribution in [3.8, 4) is 5.75 Å². The Morgan fingerprint density at radius 2 is 2.00 bits per heavy atom. The lowest BCUT2D eigenvalue weighted by Crippen LogP contribution is -2.18. The van der Waals surface area contributed by atoms with Crippen LogP contribution in [0.15, 0.2) is 48.5 Å². The van der Waals surface area contributed by atoms with Gasteiger partial charge >= 0.3 is 0 Å². The van der Waals surface area contributed by atoms with Crippen LogP contribution in [-0.2, 0) is 6.42 Å². The largest absolute Gasteiger partial charge is 0.497 e. The van der Waals surface area contributed by atoms with Crippen molar-refractivity contribution < 1.29 is 9.53 Å². The van der Waals surface area contributed by atoms with Crippen molar-refractivity contribution in [2.45, 2.75) is 6.42 Å². The Morgan fingerprint density at radius 3 is 2.71 bits per heavy atom. The number of hydrogen-bond donors (Lipinski definition) is 2. The highest BCUT2D eigenvalue weighted by Crippen LogP contribution is 2.18. The number of thiocarbonyl (C=S) groups is 1. The van der Waals surface area contributed by atoms with Gasteiger partial charge in [0.2, 0.25) is 0 Å². The second kappa shape index (κ2) is 6.85. The highest BCUT2D eigenvalue weighted by molar-refractivity contribution is 7.80. The van der Waals surface area contributed by atoms with Gasteiger partial charge in [-0.05, 0) is 23.8 Å². The lowest BCUT2D eigenvalue weighted by molar-refractivity contribution is 0.102. The number of anilines is 1. The van der Waals surface area contributed by atoms with Crippen molar-refractivity contribution in [1.29, 1.82) is 0 Å². The van der Waals surface area contributed by atoms with Crippen LogP contribution >= 0.6 is 12.2 Å². The molecular formula is C16H16N2O2S. The molecule has 0 fully saturated rings. The Bertz CT molecular complexity index is 671. The molecule has 21 heavy (non-hydrogen) atoms. The van der Waals surface area contributed by atoms with Crippen LogP contribution in [0.2, 0.25) is 0 Å². The maximum Gasteiger partial charge on any atom is 0.255 e. The van der Waals surface area contributed by atoms with Crippen molar-refractivity contribution in [2.24, 2.45) is 5.73 Å². The van der Waals surface area contributed by atoms with Gasteiger partial charge in [0.25, 0.3) is 5.91 Å². The molecule has 2 aromatic rings. The van der Waals surface area contributed by atoms with Crippen molar-refractivity contribution in [3.63, 3.8) is 0 Å². The van der Waals surface area contributed by atoms with Crippen LogP contribution in [0.1, 0.15) is 15.9 Å². The number of benzene rings is 2. The third kappa shape index (κ3) is 4.03. The van der Waals surface area contributed by atoms with E-state index >= 15 is 0 Å². The summed E-state index contributed by atoms with van der Waals surface area (Å²) in [6.07, 6.45) is 0.400. The van der Waals surface area contributed by atoms with Gasteiger partial charge in [-0.15, -0.1) is 0 Å². The van der Waals surface area contributed by atoms with Crippen molar-refractivity contribution in [3.05, 3.63) is 59.7 Å². The van der Waals surface area contributed by atoms with E-state index in [4.69, 9.17) is 22.7 Å². The summed E-state index contributed by atoms with van der Waals surface area (Å²) in [5.41, 5.74) is 7.61. The lowest BCUT2D eigenvalue weighted by atomic mass is 10.0.